The topological polar surface area (TPSA) is 37.3 Å². The summed E-state index contributed by atoms with van der Waals surface area (Å²) in [4.78, 5) is 15.7. The molecule has 28 heavy (non-hydrogen) atoms. The number of benzene rings is 2. The second-order valence-electron chi connectivity index (χ2n) is 7.69. The first-order valence-corrected chi connectivity index (χ1v) is 10.0. The van der Waals surface area contributed by atoms with Crippen LogP contribution in [0.4, 0.5) is 5.69 Å². The number of anilines is 1. The molecule has 142 valence electrons. The van der Waals surface area contributed by atoms with Crippen molar-refractivity contribution in [3.63, 3.8) is 0 Å². The molecule has 4 heteroatoms. The lowest BCUT2D eigenvalue weighted by Crippen LogP contribution is -2.55. The molecule has 4 nitrogen and oxygen atoms in total. The van der Waals surface area contributed by atoms with E-state index < -0.39 is 5.54 Å². The van der Waals surface area contributed by atoms with Gasteiger partial charge in [-0.1, -0.05) is 36.4 Å². The Balaban J connectivity index is 1.83. The van der Waals surface area contributed by atoms with Crippen molar-refractivity contribution in [2.75, 3.05) is 18.0 Å². The van der Waals surface area contributed by atoms with Crippen LogP contribution in [-0.2, 0) is 16.8 Å². The molecule has 2 aromatic carbocycles. The highest BCUT2D eigenvalue weighted by atomic mass is 16.2. The number of aromatic nitrogens is 1. The van der Waals surface area contributed by atoms with E-state index in [0.29, 0.717) is 6.54 Å². The van der Waals surface area contributed by atoms with Gasteiger partial charge in [0, 0.05) is 47.0 Å². The van der Waals surface area contributed by atoms with Crippen molar-refractivity contribution < 1.29 is 4.79 Å². The standard InChI is InChI=1S/C24H25N3O/c1-4-26-21-13-9-8-12-20(21)24(23(26)28)22-17(3)27(18-10-6-5-7-11-18)16(2)19(22)14-15-25-24/h5-13,25H,4,14-15H2,1-3H3. The molecule has 1 N–H and O–H groups in total. The van der Waals surface area contributed by atoms with E-state index in [1.807, 2.05) is 30.0 Å². The van der Waals surface area contributed by atoms with E-state index in [1.165, 1.54) is 11.3 Å². The third kappa shape index (κ3) is 2.01. The first-order chi connectivity index (χ1) is 13.6. The van der Waals surface area contributed by atoms with Crippen LogP contribution < -0.4 is 10.2 Å². The maximum atomic E-state index is 13.8. The van der Waals surface area contributed by atoms with Crippen LogP contribution in [0.15, 0.2) is 54.6 Å². The van der Waals surface area contributed by atoms with Crippen molar-refractivity contribution >= 4 is 11.6 Å². The van der Waals surface area contributed by atoms with Gasteiger partial charge in [-0.05, 0) is 51.0 Å². The van der Waals surface area contributed by atoms with Gasteiger partial charge in [0.15, 0.2) is 5.54 Å². The van der Waals surface area contributed by atoms with E-state index in [4.69, 9.17) is 0 Å². The molecule has 3 aromatic rings. The van der Waals surface area contributed by atoms with Crippen LogP contribution in [0.2, 0.25) is 0 Å². The Bertz CT molecular complexity index is 1080. The number of rotatable bonds is 2. The predicted octanol–water partition coefficient (Wildman–Crippen LogP) is 3.85. The van der Waals surface area contributed by atoms with Gasteiger partial charge in [-0.2, -0.15) is 0 Å². The fourth-order valence-corrected chi connectivity index (χ4v) is 5.31. The van der Waals surface area contributed by atoms with Crippen molar-refractivity contribution in [2.24, 2.45) is 0 Å². The largest absolute Gasteiger partial charge is 0.318 e. The monoisotopic (exact) mass is 371 g/mol. The number of nitrogens with one attached hydrogen (secondary N) is 1. The fraction of sp³-hybridized carbons (Fsp3) is 0.292. The molecule has 1 atom stereocenters. The maximum absolute atomic E-state index is 13.8. The second-order valence-corrected chi connectivity index (χ2v) is 7.69. The van der Waals surface area contributed by atoms with Gasteiger partial charge in [-0.3, -0.25) is 10.1 Å². The molecule has 0 radical (unpaired) electrons. The van der Waals surface area contributed by atoms with E-state index in [-0.39, 0.29) is 5.91 Å². The highest BCUT2D eigenvalue weighted by Gasteiger charge is 2.55. The van der Waals surface area contributed by atoms with E-state index in [9.17, 15) is 4.79 Å². The highest BCUT2D eigenvalue weighted by molar-refractivity contribution is 6.10. The summed E-state index contributed by atoms with van der Waals surface area (Å²) in [5.74, 6) is 0.144. The van der Waals surface area contributed by atoms with Crippen molar-refractivity contribution in [1.82, 2.24) is 9.88 Å². The first-order valence-electron chi connectivity index (χ1n) is 10.0. The Labute approximate surface area is 165 Å². The van der Waals surface area contributed by atoms with Gasteiger partial charge in [0.05, 0.1) is 0 Å². The Morgan fingerprint density at radius 1 is 1.00 bits per heavy atom. The third-order valence-corrected chi connectivity index (χ3v) is 6.41. The smallest absolute Gasteiger partial charge is 0.256 e. The molecule has 0 aliphatic carbocycles. The van der Waals surface area contributed by atoms with Crippen molar-refractivity contribution in [2.45, 2.75) is 32.7 Å². The van der Waals surface area contributed by atoms with Gasteiger partial charge < -0.3 is 9.47 Å². The fourth-order valence-electron chi connectivity index (χ4n) is 5.31. The van der Waals surface area contributed by atoms with Crippen LogP contribution in [0.25, 0.3) is 5.69 Å². The molecule has 1 unspecified atom stereocenters. The number of para-hydroxylation sites is 2. The number of likely N-dealkylation sites (N-methyl/N-ethyl adjacent to an activating group) is 1. The highest BCUT2D eigenvalue weighted by Crippen LogP contribution is 2.49. The number of hydrogen-bond acceptors (Lipinski definition) is 2. The van der Waals surface area contributed by atoms with Crippen LogP contribution in [0.1, 0.15) is 35.0 Å². The summed E-state index contributed by atoms with van der Waals surface area (Å²) in [5.41, 5.74) is 7.31. The van der Waals surface area contributed by atoms with Crippen LogP contribution in [0.5, 0.6) is 0 Å². The summed E-state index contributed by atoms with van der Waals surface area (Å²) >= 11 is 0. The number of hydrogen-bond donors (Lipinski definition) is 1. The number of amides is 1. The Kier molecular flexibility index (Phi) is 3.75. The molecule has 3 heterocycles. The average Bonchev–Trinajstić information content (AvgIpc) is 3.12. The molecule has 0 saturated heterocycles. The van der Waals surface area contributed by atoms with Gasteiger partial charge in [-0.15, -0.1) is 0 Å². The molecule has 0 fully saturated rings. The van der Waals surface area contributed by atoms with Crippen molar-refractivity contribution in [3.05, 3.63) is 82.7 Å². The summed E-state index contributed by atoms with van der Waals surface area (Å²) < 4.78 is 2.31. The second kappa shape index (κ2) is 6.08. The molecule has 2 aliphatic heterocycles. The SMILES string of the molecule is CCN1C(=O)C2(NCCc3c2c(C)n(-c2ccccc2)c3C)c2ccccc21. The Morgan fingerprint density at radius 3 is 2.46 bits per heavy atom. The molecule has 1 spiro atoms. The average molecular weight is 371 g/mol. The van der Waals surface area contributed by atoms with Crippen molar-refractivity contribution in [1.29, 1.82) is 0 Å². The molecule has 1 aromatic heterocycles. The number of carbonyl (C=O) groups is 1. The summed E-state index contributed by atoms with van der Waals surface area (Å²) in [6.45, 7) is 7.85. The van der Waals surface area contributed by atoms with Crippen LogP contribution in [0, 0.1) is 13.8 Å². The zero-order valence-electron chi connectivity index (χ0n) is 16.6. The zero-order chi connectivity index (χ0) is 19.5. The molecule has 2 aliphatic rings. The number of carbonyl (C=O) groups excluding carboxylic acids is 1. The van der Waals surface area contributed by atoms with Crippen LogP contribution in [-0.4, -0.2) is 23.6 Å². The van der Waals surface area contributed by atoms with Crippen molar-refractivity contribution in [3.8, 4) is 5.69 Å². The molecule has 0 bridgehead atoms. The number of nitrogens with zero attached hydrogens (tertiary/aromatic N) is 2. The predicted molar refractivity (Wildman–Crippen MR) is 112 cm³/mol. The summed E-state index contributed by atoms with van der Waals surface area (Å²) in [7, 11) is 0. The van der Waals surface area contributed by atoms with Gasteiger partial charge >= 0.3 is 0 Å². The quantitative estimate of drug-likeness (QED) is 0.743. The van der Waals surface area contributed by atoms with E-state index in [2.05, 4.69) is 60.1 Å². The summed E-state index contributed by atoms with van der Waals surface area (Å²) in [5, 5.41) is 3.65. The minimum absolute atomic E-state index is 0.144. The lowest BCUT2D eigenvalue weighted by molar-refractivity contribution is -0.123. The minimum atomic E-state index is -0.783. The van der Waals surface area contributed by atoms with Gasteiger partial charge in [-0.25, -0.2) is 0 Å². The maximum Gasteiger partial charge on any atom is 0.256 e. The summed E-state index contributed by atoms with van der Waals surface area (Å²) in [6.07, 6.45) is 0.936. The first kappa shape index (κ1) is 17.3. The molecular formula is C24H25N3O. The Hall–Kier alpha value is -2.85. The van der Waals surface area contributed by atoms with E-state index >= 15 is 0 Å². The van der Waals surface area contributed by atoms with Gasteiger partial charge in [0.1, 0.15) is 0 Å². The molecule has 5 rings (SSSR count). The molecule has 1 amide bonds. The van der Waals surface area contributed by atoms with E-state index in [1.54, 1.807) is 0 Å². The molecule has 0 saturated carbocycles. The lowest BCUT2D eigenvalue weighted by atomic mass is 9.78. The van der Waals surface area contributed by atoms with Crippen LogP contribution >= 0.6 is 0 Å². The third-order valence-electron chi connectivity index (χ3n) is 6.41. The molecular weight excluding hydrogens is 346 g/mol. The van der Waals surface area contributed by atoms with Gasteiger partial charge in [0.2, 0.25) is 0 Å². The van der Waals surface area contributed by atoms with E-state index in [0.717, 1.165) is 41.2 Å². The summed E-state index contributed by atoms with van der Waals surface area (Å²) in [6, 6.07) is 18.7. The van der Waals surface area contributed by atoms with Crippen LogP contribution in [0.3, 0.4) is 0 Å². The lowest BCUT2D eigenvalue weighted by Gasteiger charge is -2.35. The normalized spacial score (nSPS) is 20.5. The Morgan fingerprint density at radius 2 is 1.71 bits per heavy atom. The minimum Gasteiger partial charge on any atom is -0.318 e. The van der Waals surface area contributed by atoms with Gasteiger partial charge in [0.25, 0.3) is 5.91 Å². The zero-order valence-corrected chi connectivity index (χ0v) is 16.6. The number of fused-ring (bicyclic) bond motifs is 4.